The Hall–Kier alpha value is -1.97. The van der Waals surface area contributed by atoms with Crippen LogP contribution < -0.4 is 5.32 Å². The molecular formula is C14H14INO6. The van der Waals surface area contributed by atoms with Gasteiger partial charge in [0.1, 0.15) is 0 Å². The normalized spacial score (nSPS) is 10.8. The molecule has 0 saturated heterocycles. The molecule has 0 heterocycles. The van der Waals surface area contributed by atoms with Crippen molar-refractivity contribution in [1.29, 1.82) is 0 Å². The molecule has 0 unspecified atom stereocenters. The summed E-state index contributed by atoms with van der Waals surface area (Å²) >= 11 is 2.07. The summed E-state index contributed by atoms with van der Waals surface area (Å²) in [5.41, 5.74) is -2.15. The predicted molar refractivity (Wildman–Crippen MR) is 84.5 cm³/mol. The van der Waals surface area contributed by atoms with Gasteiger partial charge >= 0.3 is 11.9 Å². The number of carboxylic acid groups (broad SMARTS) is 2. The zero-order valence-corrected chi connectivity index (χ0v) is 13.8. The molecule has 0 aromatic heterocycles. The molecular weight excluding hydrogens is 405 g/mol. The van der Waals surface area contributed by atoms with Crippen molar-refractivity contribution >= 4 is 46.2 Å². The van der Waals surface area contributed by atoms with Crippen molar-refractivity contribution in [2.45, 2.75) is 25.3 Å². The van der Waals surface area contributed by atoms with Gasteiger partial charge in [0.25, 0.3) is 0 Å². The van der Waals surface area contributed by atoms with Crippen LogP contribution in [0.25, 0.3) is 0 Å². The fraction of sp³-hybridized carbons (Fsp3) is 0.286. The van der Waals surface area contributed by atoms with Crippen molar-refractivity contribution in [2.24, 2.45) is 0 Å². The molecule has 1 aromatic rings. The number of Topliss-reactive ketones (excluding diaryl/α,β-unsaturated/α-hetero) is 1. The third kappa shape index (κ3) is 4.26. The van der Waals surface area contributed by atoms with Crippen LogP contribution in [0.3, 0.4) is 0 Å². The first-order chi connectivity index (χ1) is 10.2. The average Bonchev–Trinajstić information content (AvgIpc) is 2.42. The van der Waals surface area contributed by atoms with Gasteiger partial charge in [0, 0.05) is 22.5 Å². The summed E-state index contributed by atoms with van der Waals surface area (Å²) in [5.74, 6) is -4.63. The second-order valence-electron chi connectivity index (χ2n) is 4.63. The number of hydrogen-bond acceptors (Lipinski definition) is 4. The SMILES string of the molecule is CC(=O)NC(CCC(=O)c1ccc(I)cc1)(C(=O)O)C(=O)O. The monoisotopic (exact) mass is 419 g/mol. The molecule has 0 spiro atoms. The summed E-state index contributed by atoms with van der Waals surface area (Å²) in [6.07, 6.45) is -0.860. The fourth-order valence-corrected chi connectivity index (χ4v) is 2.22. The largest absolute Gasteiger partial charge is 0.479 e. The van der Waals surface area contributed by atoms with E-state index >= 15 is 0 Å². The first-order valence-corrected chi connectivity index (χ1v) is 7.31. The minimum Gasteiger partial charge on any atom is -0.479 e. The topological polar surface area (TPSA) is 121 Å². The van der Waals surface area contributed by atoms with Gasteiger partial charge < -0.3 is 15.5 Å². The van der Waals surface area contributed by atoms with Crippen LogP contribution in [0.5, 0.6) is 0 Å². The van der Waals surface area contributed by atoms with Crippen molar-refractivity contribution in [2.75, 3.05) is 0 Å². The van der Waals surface area contributed by atoms with Crippen LogP contribution >= 0.6 is 22.6 Å². The average molecular weight is 419 g/mol. The lowest BCUT2D eigenvalue weighted by atomic mass is 9.91. The Morgan fingerprint density at radius 3 is 2.00 bits per heavy atom. The molecule has 118 valence electrons. The molecule has 0 atom stereocenters. The molecule has 0 bridgehead atoms. The van der Waals surface area contributed by atoms with Gasteiger partial charge in [0.2, 0.25) is 11.4 Å². The Bertz CT molecular complexity index is 596. The maximum absolute atomic E-state index is 12.0. The van der Waals surface area contributed by atoms with Gasteiger partial charge in [-0.25, -0.2) is 9.59 Å². The lowest BCUT2D eigenvalue weighted by Gasteiger charge is -2.25. The van der Waals surface area contributed by atoms with Gasteiger partial charge in [-0.3, -0.25) is 9.59 Å². The van der Waals surface area contributed by atoms with Gasteiger partial charge in [-0.1, -0.05) is 12.1 Å². The molecule has 0 radical (unpaired) electrons. The number of hydrogen-bond donors (Lipinski definition) is 3. The molecule has 0 fully saturated rings. The number of carbonyl (C=O) groups is 4. The summed E-state index contributed by atoms with van der Waals surface area (Å²) in [6, 6.07) is 6.57. The van der Waals surface area contributed by atoms with E-state index in [0.29, 0.717) is 5.56 Å². The number of aliphatic carboxylic acids is 2. The first-order valence-electron chi connectivity index (χ1n) is 6.23. The number of carboxylic acids is 2. The predicted octanol–water partition coefficient (Wildman–Crippen LogP) is 1.30. The van der Waals surface area contributed by atoms with Crippen LogP contribution in [0.4, 0.5) is 0 Å². The molecule has 1 rings (SSSR count). The molecule has 1 aromatic carbocycles. The second kappa shape index (κ2) is 7.34. The molecule has 8 heteroatoms. The van der Waals surface area contributed by atoms with Crippen LogP contribution in [-0.2, 0) is 14.4 Å². The molecule has 0 saturated carbocycles. The summed E-state index contributed by atoms with van der Waals surface area (Å²) in [5, 5.41) is 20.2. The van der Waals surface area contributed by atoms with Gasteiger partial charge in [0.05, 0.1) is 0 Å². The first kappa shape index (κ1) is 18.1. The minimum absolute atomic E-state index is 0.320. The van der Waals surface area contributed by atoms with E-state index < -0.39 is 35.6 Å². The van der Waals surface area contributed by atoms with Crippen LogP contribution in [0.2, 0.25) is 0 Å². The minimum atomic E-state index is -2.51. The van der Waals surface area contributed by atoms with Crippen LogP contribution in [-0.4, -0.2) is 39.4 Å². The number of ketones is 1. The van der Waals surface area contributed by atoms with E-state index in [9.17, 15) is 19.2 Å². The zero-order valence-electron chi connectivity index (χ0n) is 11.6. The van der Waals surface area contributed by atoms with E-state index in [1.807, 2.05) is 5.32 Å². The van der Waals surface area contributed by atoms with Crippen molar-refractivity contribution in [3.63, 3.8) is 0 Å². The quantitative estimate of drug-likeness (QED) is 0.348. The number of nitrogens with one attached hydrogen (secondary N) is 1. The fourth-order valence-electron chi connectivity index (χ4n) is 1.86. The highest BCUT2D eigenvalue weighted by atomic mass is 127. The Balaban J connectivity index is 2.93. The molecule has 0 aliphatic rings. The maximum Gasteiger partial charge on any atom is 0.341 e. The van der Waals surface area contributed by atoms with Gasteiger partial charge in [-0.2, -0.15) is 0 Å². The van der Waals surface area contributed by atoms with Crippen molar-refractivity contribution in [3.8, 4) is 0 Å². The maximum atomic E-state index is 12.0. The van der Waals surface area contributed by atoms with Crippen molar-refractivity contribution in [3.05, 3.63) is 33.4 Å². The number of rotatable bonds is 7. The van der Waals surface area contributed by atoms with E-state index in [0.717, 1.165) is 10.5 Å². The molecule has 0 aliphatic heterocycles. The number of amides is 1. The Morgan fingerprint density at radius 1 is 1.09 bits per heavy atom. The van der Waals surface area contributed by atoms with E-state index in [1.165, 1.54) is 0 Å². The highest BCUT2D eigenvalue weighted by Crippen LogP contribution is 2.18. The Morgan fingerprint density at radius 2 is 1.59 bits per heavy atom. The summed E-state index contributed by atoms with van der Waals surface area (Å²) in [6.45, 7) is 1.02. The molecule has 0 aliphatic carbocycles. The van der Waals surface area contributed by atoms with Crippen LogP contribution in [0, 0.1) is 3.57 Å². The van der Waals surface area contributed by atoms with Gasteiger partial charge in [-0.05, 0) is 41.1 Å². The highest BCUT2D eigenvalue weighted by Gasteiger charge is 2.47. The number of carbonyl (C=O) groups excluding carboxylic acids is 2. The van der Waals surface area contributed by atoms with Crippen molar-refractivity contribution < 1.29 is 29.4 Å². The molecule has 7 nitrogen and oxygen atoms in total. The van der Waals surface area contributed by atoms with E-state index in [2.05, 4.69) is 22.6 Å². The van der Waals surface area contributed by atoms with Crippen molar-refractivity contribution in [1.82, 2.24) is 5.32 Å². The van der Waals surface area contributed by atoms with Crippen LogP contribution in [0.15, 0.2) is 24.3 Å². The lowest BCUT2D eigenvalue weighted by molar-refractivity contribution is -0.161. The van der Waals surface area contributed by atoms with E-state index in [4.69, 9.17) is 10.2 Å². The summed E-state index contributed by atoms with van der Waals surface area (Å²) in [4.78, 5) is 45.7. The third-order valence-electron chi connectivity index (χ3n) is 3.01. The number of benzene rings is 1. The summed E-state index contributed by atoms with van der Waals surface area (Å²) in [7, 11) is 0. The summed E-state index contributed by atoms with van der Waals surface area (Å²) < 4.78 is 0.929. The third-order valence-corrected chi connectivity index (χ3v) is 3.73. The molecule has 22 heavy (non-hydrogen) atoms. The van der Waals surface area contributed by atoms with Gasteiger partial charge in [-0.15, -0.1) is 0 Å². The Kier molecular flexibility index (Phi) is 6.03. The smallest absolute Gasteiger partial charge is 0.341 e. The lowest BCUT2D eigenvalue weighted by Crippen LogP contribution is -2.59. The van der Waals surface area contributed by atoms with Gasteiger partial charge in [0.15, 0.2) is 5.78 Å². The van der Waals surface area contributed by atoms with Crippen LogP contribution in [0.1, 0.15) is 30.1 Å². The zero-order chi connectivity index (χ0) is 16.9. The van der Waals surface area contributed by atoms with E-state index in [1.54, 1.807) is 24.3 Å². The Labute approximate surface area is 139 Å². The standard InChI is InChI=1S/C14H14INO6/c1-8(17)16-14(12(19)20,13(21)22)7-6-11(18)9-2-4-10(15)5-3-9/h2-5H,6-7H2,1H3,(H,16,17)(H,19,20)(H,21,22). The molecule has 1 amide bonds. The second-order valence-corrected chi connectivity index (χ2v) is 5.87. The molecule has 3 N–H and O–H groups in total. The van der Waals surface area contributed by atoms with E-state index in [-0.39, 0.29) is 6.42 Å². The highest BCUT2D eigenvalue weighted by molar-refractivity contribution is 14.1. The number of halogens is 1.